The van der Waals surface area contributed by atoms with Crippen molar-refractivity contribution in [2.75, 3.05) is 6.54 Å². The van der Waals surface area contributed by atoms with Crippen molar-refractivity contribution < 1.29 is 0 Å². The summed E-state index contributed by atoms with van der Waals surface area (Å²) in [4.78, 5) is 14.0. The minimum atomic E-state index is -0.0642. The highest BCUT2D eigenvalue weighted by Gasteiger charge is 2.19. The molecule has 0 fully saturated rings. The van der Waals surface area contributed by atoms with Gasteiger partial charge < -0.3 is 0 Å². The first-order valence-corrected chi connectivity index (χ1v) is 7.94. The zero-order chi connectivity index (χ0) is 16.5. The van der Waals surface area contributed by atoms with Gasteiger partial charge in [-0.25, -0.2) is 9.36 Å². The third-order valence-corrected chi connectivity index (χ3v) is 4.26. The number of aryl methyl sites for hydroxylation is 1. The van der Waals surface area contributed by atoms with Crippen molar-refractivity contribution in [2.45, 2.75) is 19.5 Å². The molecule has 0 saturated heterocycles. The van der Waals surface area contributed by atoms with Crippen molar-refractivity contribution in [2.24, 2.45) is 7.05 Å². The fraction of sp³-hybridized carbons (Fsp3) is 0.294. The number of fused-ring (bicyclic) bond motifs is 1. The van der Waals surface area contributed by atoms with E-state index in [4.69, 9.17) is 0 Å². The third kappa shape index (κ3) is 2.85. The molecule has 122 valence electrons. The lowest BCUT2D eigenvalue weighted by Crippen LogP contribution is -2.34. The van der Waals surface area contributed by atoms with E-state index < -0.39 is 0 Å². The van der Waals surface area contributed by atoms with Crippen LogP contribution in [0.25, 0.3) is 5.69 Å². The summed E-state index contributed by atoms with van der Waals surface area (Å²) in [6.45, 7) is 2.33. The van der Waals surface area contributed by atoms with Gasteiger partial charge in [0.25, 0.3) is 5.56 Å². The van der Waals surface area contributed by atoms with E-state index in [2.05, 4.69) is 20.3 Å². The van der Waals surface area contributed by atoms with Crippen molar-refractivity contribution in [1.29, 1.82) is 0 Å². The van der Waals surface area contributed by atoms with Crippen LogP contribution in [0.2, 0.25) is 0 Å². The lowest BCUT2D eigenvalue weighted by molar-refractivity contribution is 0.238. The first-order chi connectivity index (χ1) is 11.7. The minimum Gasteiger partial charge on any atom is -0.293 e. The molecule has 7 nitrogen and oxygen atoms in total. The van der Waals surface area contributed by atoms with Crippen LogP contribution in [0.15, 0.2) is 47.4 Å². The van der Waals surface area contributed by atoms with Gasteiger partial charge in [0, 0.05) is 39.2 Å². The van der Waals surface area contributed by atoms with Crippen LogP contribution in [0, 0.1) is 0 Å². The Morgan fingerprint density at radius 2 is 2.04 bits per heavy atom. The van der Waals surface area contributed by atoms with E-state index in [-0.39, 0.29) is 5.56 Å². The molecule has 3 aromatic rings. The molecule has 0 bridgehead atoms. The molecule has 0 unspecified atom stereocenters. The van der Waals surface area contributed by atoms with Crippen LogP contribution in [0.4, 0.5) is 0 Å². The van der Waals surface area contributed by atoms with E-state index in [0.717, 1.165) is 42.1 Å². The summed E-state index contributed by atoms with van der Waals surface area (Å²) in [5.41, 5.74) is 3.87. The lowest BCUT2D eigenvalue weighted by atomic mass is 10.1. The van der Waals surface area contributed by atoms with Gasteiger partial charge in [-0.2, -0.15) is 5.10 Å². The molecule has 7 heteroatoms. The van der Waals surface area contributed by atoms with Gasteiger partial charge in [0.2, 0.25) is 0 Å². The molecule has 3 heterocycles. The number of nitrogens with zero attached hydrogens (tertiary/aromatic N) is 6. The van der Waals surface area contributed by atoms with E-state index in [9.17, 15) is 4.79 Å². The Balaban J connectivity index is 1.50. The molecule has 0 atom stereocenters. The van der Waals surface area contributed by atoms with E-state index >= 15 is 0 Å². The summed E-state index contributed by atoms with van der Waals surface area (Å²) in [6, 6.07) is 11.6. The molecule has 0 aliphatic carbocycles. The van der Waals surface area contributed by atoms with Crippen LogP contribution in [0.5, 0.6) is 0 Å². The Bertz CT molecular complexity index is 914. The molecule has 2 aromatic heterocycles. The predicted molar refractivity (Wildman–Crippen MR) is 88.7 cm³/mol. The highest BCUT2D eigenvalue weighted by atomic mass is 16.1. The van der Waals surface area contributed by atoms with Gasteiger partial charge in [0.1, 0.15) is 0 Å². The van der Waals surface area contributed by atoms with Crippen molar-refractivity contribution in [3.63, 3.8) is 0 Å². The SMILES string of the molecule is Cn1nc2c(cc1=O)CN(Cc1cn(-c3ccccc3)nn1)CC2. The van der Waals surface area contributed by atoms with Crippen LogP contribution in [-0.2, 0) is 26.6 Å². The van der Waals surface area contributed by atoms with Crippen molar-refractivity contribution in [3.05, 3.63) is 69.9 Å². The second kappa shape index (κ2) is 6.01. The fourth-order valence-corrected chi connectivity index (χ4v) is 2.99. The topological polar surface area (TPSA) is 68.8 Å². The van der Waals surface area contributed by atoms with Crippen molar-refractivity contribution in [1.82, 2.24) is 29.7 Å². The van der Waals surface area contributed by atoms with Crippen LogP contribution >= 0.6 is 0 Å². The fourth-order valence-electron chi connectivity index (χ4n) is 2.99. The Hall–Kier alpha value is -2.80. The van der Waals surface area contributed by atoms with Gasteiger partial charge in [-0.1, -0.05) is 23.4 Å². The molecular formula is C17H18N6O. The van der Waals surface area contributed by atoms with Crippen LogP contribution in [0.1, 0.15) is 17.0 Å². The van der Waals surface area contributed by atoms with E-state index in [1.54, 1.807) is 17.8 Å². The van der Waals surface area contributed by atoms with Gasteiger partial charge in [0.05, 0.1) is 23.3 Å². The minimum absolute atomic E-state index is 0.0642. The highest BCUT2D eigenvalue weighted by molar-refractivity contribution is 5.30. The Labute approximate surface area is 139 Å². The van der Waals surface area contributed by atoms with E-state index in [0.29, 0.717) is 6.54 Å². The molecular weight excluding hydrogens is 304 g/mol. The van der Waals surface area contributed by atoms with Gasteiger partial charge >= 0.3 is 0 Å². The molecule has 4 rings (SSSR count). The number of benzene rings is 1. The molecule has 1 aliphatic rings. The van der Waals surface area contributed by atoms with Crippen LogP contribution in [-0.4, -0.2) is 36.2 Å². The van der Waals surface area contributed by atoms with Gasteiger partial charge in [-0.3, -0.25) is 9.69 Å². The van der Waals surface area contributed by atoms with Crippen LogP contribution < -0.4 is 5.56 Å². The van der Waals surface area contributed by atoms with Crippen molar-refractivity contribution >= 4 is 0 Å². The Morgan fingerprint density at radius 3 is 2.88 bits per heavy atom. The maximum absolute atomic E-state index is 11.8. The summed E-state index contributed by atoms with van der Waals surface area (Å²) in [5, 5.41) is 12.8. The van der Waals surface area contributed by atoms with Crippen molar-refractivity contribution in [3.8, 4) is 5.69 Å². The molecule has 0 radical (unpaired) electrons. The van der Waals surface area contributed by atoms with Gasteiger partial charge in [-0.15, -0.1) is 5.10 Å². The number of para-hydroxylation sites is 1. The third-order valence-electron chi connectivity index (χ3n) is 4.26. The maximum Gasteiger partial charge on any atom is 0.266 e. The monoisotopic (exact) mass is 322 g/mol. The summed E-state index contributed by atoms with van der Waals surface area (Å²) < 4.78 is 3.18. The standard InChI is InChI=1S/C17H18N6O/c1-21-17(24)9-13-10-22(8-7-16(13)19-21)11-14-12-23(20-18-14)15-5-3-2-4-6-15/h2-6,9,12H,7-8,10-11H2,1H3. The highest BCUT2D eigenvalue weighted by Crippen LogP contribution is 2.17. The molecule has 0 spiro atoms. The zero-order valence-corrected chi connectivity index (χ0v) is 13.5. The maximum atomic E-state index is 11.8. The molecule has 24 heavy (non-hydrogen) atoms. The number of hydrogen-bond acceptors (Lipinski definition) is 5. The first-order valence-electron chi connectivity index (χ1n) is 7.94. The second-order valence-corrected chi connectivity index (χ2v) is 6.03. The van der Waals surface area contributed by atoms with E-state index in [1.807, 2.05) is 36.5 Å². The number of rotatable bonds is 3. The zero-order valence-electron chi connectivity index (χ0n) is 13.5. The normalized spacial score (nSPS) is 14.5. The van der Waals surface area contributed by atoms with Crippen LogP contribution in [0.3, 0.4) is 0 Å². The smallest absolute Gasteiger partial charge is 0.266 e. The number of hydrogen-bond donors (Lipinski definition) is 0. The largest absolute Gasteiger partial charge is 0.293 e. The predicted octanol–water partition coefficient (Wildman–Crippen LogP) is 0.919. The van der Waals surface area contributed by atoms with Gasteiger partial charge in [-0.05, 0) is 17.7 Å². The molecule has 0 saturated carbocycles. The first kappa shape index (κ1) is 14.8. The van der Waals surface area contributed by atoms with E-state index in [1.165, 1.54) is 4.68 Å². The summed E-state index contributed by atoms with van der Waals surface area (Å²) >= 11 is 0. The Kier molecular flexibility index (Phi) is 3.70. The molecule has 0 N–H and O–H groups in total. The van der Waals surface area contributed by atoms with Gasteiger partial charge in [0.15, 0.2) is 0 Å². The Morgan fingerprint density at radius 1 is 1.21 bits per heavy atom. The average molecular weight is 322 g/mol. The average Bonchev–Trinajstić information content (AvgIpc) is 3.05. The number of aromatic nitrogens is 5. The molecule has 1 aliphatic heterocycles. The quantitative estimate of drug-likeness (QED) is 0.717. The lowest BCUT2D eigenvalue weighted by Gasteiger charge is -2.27. The molecule has 1 aromatic carbocycles. The summed E-state index contributed by atoms with van der Waals surface area (Å²) in [5.74, 6) is 0. The summed E-state index contributed by atoms with van der Waals surface area (Å²) in [6.07, 6.45) is 2.80. The second-order valence-electron chi connectivity index (χ2n) is 6.03. The summed E-state index contributed by atoms with van der Waals surface area (Å²) in [7, 11) is 1.69. The molecule has 0 amide bonds.